The molecule has 1 aromatic heterocycles. The number of benzene rings is 2. The number of hydrogen-bond donors (Lipinski definition) is 0. The molecule has 27 heavy (non-hydrogen) atoms. The van der Waals surface area contributed by atoms with Gasteiger partial charge in [-0.15, -0.1) is 0 Å². The van der Waals surface area contributed by atoms with E-state index in [-0.39, 0.29) is 6.54 Å². The van der Waals surface area contributed by atoms with E-state index in [1.807, 2.05) is 31.2 Å². The zero-order chi connectivity index (χ0) is 19.4. The van der Waals surface area contributed by atoms with E-state index < -0.39 is 11.9 Å². The molecule has 0 radical (unpaired) electrons. The number of nitrogens with zero attached hydrogens (tertiary/aromatic N) is 2. The van der Waals surface area contributed by atoms with Gasteiger partial charge in [-0.3, -0.25) is 9.59 Å². The Balaban J connectivity index is 2.14. The third-order valence-corrected chi connectivity index (χ3v) is 5.51. The lowest BCUT2D eigenvalue weighted by Crippen LogP contribution is -2.22. The maximum absolute atomic E-state index is 12.6. The van der Waals surface area contributed by atoms with E-state index in [0.29, 0.717) is 21.4 Å². The Bertz CT molecular complexity index is 1070. The van der Waals surface area contributed by atoms with Gasteiger partial charge in [0.25, 0.3) is 5.91 Å². The molecular weight excluding hydrogens is 432 g/mol. The second-order valence-corrected chi connectivity index (χ2v) is 7.37. The van der Waals surface area contributed by atoms with E-state index in [2.05, 4.69) is 20.9 Å². The monoisotopic (exact) mass is 448 g/mol. The summed E-state index contributed by atoms with van der Waals surface area (Å²) in [4.78, 5) is 29.2. The Hall–Kier alpha value is -2.45. The fraction of sp³-hybridized carbons (Fsp3) is 0.211. The first-order valence-corrected chi connectivity index (χ1v) is 9.81. The summed E-state index contributed by atoms with van der Waals surface area (Å²) in [5, 5.41) is 0. The molecule has 1 heterocycles. The van der Waals surface area contributed by atoms with Crippen molar-refractivity contribution >= 4 is 49.4 Å². The first-order valence-electron chi connectivity index (χ1n) is 8.20. The van der Waals surface area contributed by atoms with Gasteiger partial charge < -0.3 is 14.0 Å². The summed E-state index contributed by atoms with van der Waals surface area (Å²) in [6, 6.07) is 12.6. The second kappa shape index (κ2) is 8.49. The quantitative estimate of drug-likeness (QED) is 0.556. The second-order valence-electron chi connectivity index (χ2n) is 5.51. The number of fused-ring (bicyclic) bond motifs is 1. The minimum absolute atomic E-state index is 0.0352. The molecule has 3 aromatic rings. The van der Waals surface area contributed by atoms with E-state index in [9.17, 15) is 9.59 Å². The van der Waals surface area contributed by atoms with Crippen LogP contribution in [0.4, 0.5) is 0 Å². The third kappa shape index (κ3) is 4.28. The summed E-state index contributed by atoms with van der Waals surface area (Å²) in [6.07, 6.45) is 0. The number of carbonyl (C=O) groups excluding carboxylic acids is 2. The van der Waals surface area contributed by atoms with Crippen molar-refractivity contribution in [3.63, 3.8) is 0 Å². The number of halogens is 1. The maximum atomic E-state index is 12.6. The standard InChI is InChI=1S/C19H17BrN2O4S/c1-3-26-12-8-9-15-16(10-12)27-19(22(15)11-17(23)25-2)21-18(24)13-6-4-5-7-14(13)20/h4-10H,3,11H2,1-2H3. The molecule has 0 unspecified atom stereocenters. The van der Waals surface area contributed by atoms with Gasteiger partial charge in [-0.05, 0) is 53.2 Å². The third-order valence-electron chi connectivity index (χ3n) is 3.78. The highest BCUT2D eigenvalue weighted by Gasteiger charge is 2.14. The van der Waals surface area contributed by atoms with Crippen LogP contribution < -0.4 is 9.54 Å². The van der Waals surface area contributed by atoms with Gasteiger partial charge in [0.2, 0.25) is 0 Å². The van der Waals surface area contributed by atoms with Crippen molar-refractivity contribution in [2.75, 3.05) is 13.7 Å². The molecule has 3 rings (SSSR count). The number of carbonyl (C=O) groups is 2. The van der Waals surface area contributed by atoms with Crippen molar-refractivity contribution in [1.82, 2.24) is 4.57 Å². The molecule has 8 heteroatoms. The number of methoxy groups -OCH3 is 1. The number of rotatable bonds is 5. The van der Waals surface area contributed by atoms with Gasteiger partial charge in [-0.2, -0.15) is 4.99 Å². The molecule has 0 aliphatic heterocycles. The summed E-state index contributed by atoms with van der Waals surface area (Å²) in [6.45, 7) is 2.43. The van der Waals surface area contributed by atoms with Gasteiger partial charge in [0.15, 0.2) is 4.80 Å². The molecule has 6 nitrogen and oxygen atoms in total. The van der Waals surface area contributed by atoms with Crippen molar-refractivity contribution in [3.8, 4) is 5.75 Å². The van der Waals surface area contributed by atoms with Gasteiger partial charge in [-0.1, -0.05) is 23.5 Å². The zero-order valence-corrected chi connectivity index (χ0v) is 17.2. The number of ether oxygens (including phenoxy) is 2. The molecule has 0 saturated heterocycles. The Kier molecular flexibility index (Phi) is 6.08. The molecule has 2 aromatic carbocycles. The summed E-state index contributed by atoms with van der Waals surface area (Å²) < 4.78 is 13.5. The first-order chi connectivity index (χ1) is 13.0. The molecule has 0 aliphatic rings. The highest BCUT2D eigenvalue weighted by atomic mass is 79.9. The minimum Gasteiger partial charge on any atom is -0.494 e. The van der Waals surface area contributed by atoms with E-state index in [1.54, 1.807) is 22.8 Å². The van der Waals surface area contributed by atoms with Crippen LogP contribution in [-0.4, -0.2) is 30.2 Å². The Morgan fingerprint density at radius 3 is 2.70 bits per heavy atom. The van der Waals surface area contributed by atoms with Crippen molar-refractivity contribution in [3.05, 3.63) is 57.3 Å². The Morgan fingerprint density at radius 1 is 1.22 bits per heavy atom. The molecule has 0 atom stereocenters. The molecule has 0 saturated carbocycles. The topological polar surface area (TPSA) is 69.9 Å². The molecule has 140 valence electrons. The largest absolute Gasteiger partial charge is 0.494 e. The van der Waals surface area contributed by atoms with Crippen LogP contribution in [0.25, 0.3) is 10.2 Å². The number of aromatic nitrogens is 1. The van der Waals surface area contributed by atoms with Crippen molar-refractivity contribution in [1.29, 1.82) is 0 Å². The molecule has 1 amide bonds. The average molecular weight is 449 g/mol. The smallest absolute Gasteiger partial charge is 0.325 e. The van der Waals surface area contributed by atoms with Crippen molar-refractivity contribution in [2.45, 2.75) is 13.5 Å². The molecule has 0 bridgehead atoms. The zero-order valence-electron chi connectivity index (χ0n) is 14.8. The van der Waals surface area contributed by atoms with Crippen LogP contribution in [-0.2, 0) is 16.1 Å². The number of amides is 1. The van der Waals surface area contributed by atoms with Gasteiger partial charge in [0.05, 0.1) is 29.5 Å². The molecule has 0 spiro atoms. The molecular formula is C19H17BrN2O4S. The summed E-state index contributed by atoms with van der Waals surface area (Å²) in [5.41, 5.74) is 1.24. The van der Waals surface area contributed by atoms with Crippen LogP contribution in [0.5, 0.6) is 5.75 Å². The number of hydrogen-bond acceptors (Lipinski definition) is 5. The Morgan fingerprint density at radius 2 is 2.00 bits per heavy atom. The maximum Gasteiger partial charge on any atom is 0.325 e. The molecule has 0 N–H and O–H groups in total. The van der Waals surface area contributed by atoms with Crippen LogP contribution >= 0.6 is 27.3 Å². The fourth-order valence-electron chi connectivity index (χ4n) is 2.52. The minimum atomic E-state index is -0.418. The lowest BCUT2D eigenvalue weighted by Gasteiger charge is -2.05. The Labute approximate surface area is 168 Å². The van der Waals surface area contributed by atoms with E-state index in [1.165, 1.54) is 18.4 Å². The SMILES string of the molecule is CCOc1ccc2c(c1)sc(=NC(=O)c1ccccc1Br)n2CC(=O)OC. The summed E-state index contributed by atoms with van der Waals surface area (Å²) >= 11 is 4.68. The van der Waals surface area contributed by atoms with Gasteiger partial charge in [0.1, 0.15) is 12.3 Å². The highest BCUT2D eigenvalue weighted by molar-refractivity contribution is 9.10. The average Bonchev–Trinajstić information content (AvgIpc) is 2.98. The van der Waals surface area contributed by atoms with Crippen molar-refractivity contribution < 1.29 is 19.1 Å². The van der Waals surface area contributed by atoms with E-state index in [4.69, 9.17) is 9.47 Å². The first kappa shape index (κ1) is 19.3. The van der Waals surface area contributed by atoms with Crippen LogP contribution in [0.15, 0.2) is 51.9 Å². The van der Waals surface area contributed by atoms with E-state index in [0.717, 1.165) is 16.0 Å². The predicted octanol–water partition coefficient (Wildman–Crippen LogP) is 3.78. The summed E-state index contributed by atoms with van der Waals surface area (Å²) in [7, 11) is 1.33. The summed E-state index contributed by atoms with van der Waals surface area (Å²) in [5.74, 6) is -0.0868. The van der Waals surface area contributed by atoms with E-state index >= 15 is 0 Å². The van der Waals surface area contributed by atoms with Gasteiger partial charge in [-0.25, -0.2) is 0 Å². The lowest BCUT2D eigenvalue weighted by atomic mass is 10.2. The highest BCUT2D eigenvalue weighted by Crippen LogP contribution is 2.24. The normalized spacial score (nSPS) is 11.6. The fourth-order valence-corrected chi connectivity index (χ4v) is 4.03. The van der Waals surface area contributed by atoms with Gasteiger partial charge >= 0.3 is 5.97 Å². The number of thiazole rings is 1. The van der Waals surface area contributed by atoms with Crippen molar-refractivity contribution in [2.24, 2.45) is 4.99 Å². The number of esters is 1. The van der Waals surface area contributed by atoms with Crippen LogP contribution in [0.3, 0.4) is 0 Å². The van der Waals surface area contributed by atoms with Crippen LogP contribution in [0.2, 0.25) is 0 Å². The van der Waals surface area contributed by atoms with Gasteiger partial charge in [0, 0.05) is 4.47 Å². The molecule has 0 aliphatic carbocycles. The van der Waals surface area contributed by atoms with Crippen LogP contribution in [0, 0.1) is 0 Å². The van der Waals surface area contributed by atoms with Crippen LogP contribution in [0.1, 0.15) is 17.3 Å². The lowest BCUT2D eigenvalue weighted by molar-refractivity contribution is -0.141. The molecule has 0 fully saturated rings. The predicted molar refractivity (Wildman–Crippen MR) is 107 cm³/mol.